The summed E-state index contributed by atoms with van der Waals surface area (Å²) in [6.45, 7) is 8.60. The Morgan fingerprint density at radius 1 is 1.21 bits per heavy atom. The van der Waals surface area contributed by atoms with Gasteiger partial charge in [0.25, 0.3) is 0 Å². The SMILES string of the molecule is Cc1ccc(C)c(CC(C)C(C)N)c1. The molecular formula is C13H21N. The Morgan fingerprint density at radius 2 is 1.86 bits per heavy atom. The third-order valence-electron chi connectivity index (χ3n) is 2.94. The van der Waals surface area contributed by atoms with Crippen molar-refractivity contribution in [3.8, 4) is 0 Å². The van der Waals surface area contributed by atoms with Crippen LogP contribution in [0.1, 0.15) is 30.5 Å². The smallest absolute Gasteiger partial charge is 0.00393 e. The summed E-state index contributed by atoms with van der Waals surface area (Å²) in [6, 6.07) is 6.90. The highest BCUT2D eigenvalue weighted by Gasteiger charge is 2.09. The molecule has 14 heavy (non-hydrogen) atoms. The molecule has 2 N–H and O–H groups in total. The van der Waals surface area contributed by atoms with E-state index in [2.05, 4.69) is 45.9 Å². The summed E-state index contributed by atoms with van der Waals surface area (Å²) in [7, 11) is 0. The minimum absolute atomic E-state index is 0.273. The first-order valence-electron chi connectivity index (χ1n) is 5.32. The number of aryl methyl sites for hydroxylation is 2. The first kappa shape index (κ1) is 11.3. The van der Waals surface area contributed by atoms with Crippen LogP contribution in [0.25, 0.3) is 0 Å². The number of rotatable bonds is 3. The molecule has 0 saturated carbocycles. The van der Waals surface area contributed by atoms with Crippen molar-refractivity contribution >= 4 is 0 Å². The number of hydrogen-bond acceptors (Lipinski definition) is 1. The normalized spacial score (nSPS) is 15.2. The molecule has 78 valence electrons. The Labute approximate surface area is 87.3 Å². The molecule has 0 aliphatic heterocycles. The highest BCUT2D eigenvalue weighted by Crippen LogP contribution is 2.16. The van der Waals surface area contributed by atoms with Crippen molar-refractivity contribution < 1.29 is 0 Å². The van der Waals surface area contributed by atoms with Crippen LogP contribution in [0.15, 0.2) is 18.2 Å². The van der Waals surface area contributed by atoms with Gasteiger partial charge in [-0.25, -0.2) is 0 Å². The average molecular weight is 191 g/mol. The maximum absolute atomic E-state index is 5.87. The lowest BCUT2D eigenvalue weighted by atomic mass is 9.92. The van der Waals surface area contributed by atoms with Crippen molar-refractivity contribution in [3.63, 3.8) is 0 Å². The third-order valence-corrected chi connectivity index (χ3v) is 2.94. The van der Waals surface area contributed by atoms with E-state index >= 15 is 0 Å². The van der Waals surface area contributed by atoms with Gasteiger partial charge in [0, 0.05) is 6.04 Å². The summed E-state index contributed by atoms with van der Waals surface area (Å²) in [5.74, 6) is 0.551. The van der Waals surface area contributed by atoms with Crippen molar-refractivity contribution in [1.29, 1.82) is 0 Å². The van der Waals surface area contributed by atoms with Crippen molar-refractivity contribution in [2.75, 3.05) is 0 Å². The summed E-state index contributed by atoms with van der Waals surface area (Å²) in [5, 5.41) is 0. The van der Waals surface area contributed by atoms with E-state index in [4.69, 9.17) is 5.73 Å². The Kier molecular flexibility index (Phi) is 3.70. The molecule has 2 unspecified atom stereocenters. The van der Waals surface area contributed by atoms with Gasteiger partial charge >= 0.3 is 0 Å². The standard InChI is InChI=1S/C13H21N/c1-9-5-6-10(2)13(7-9)8-11(3)12(4)14/h5-7,11-12H,8,14H2,1-4H3. The monoisotopic (exact) mass is 191 g/mol. The van der Waals surface area contributed by atoms with Crippen molar-refractivity contribution in [2.24, 2.45) is 11.7 Å². The lowest BCUT2D eigenvalue weighted by Crippen LogP contribution is -2.25. The van der Waals surface area contributed by atoms with Crippen LogP contribution in [0.3, 0.4) is 0 Å². The van der Waals surface area contributed by atoms with Crippen LogP contribution in [0.5, 0.6) is 0 Å². The summed E-state index contributed by atoms with van der Waals surface area (Å²) >= 11 is 0. The molecule has 1 aromatic carbocycles. The predicted molar refractivity (Wildman–Crippen MR) is 62.4 cm³/mol. The van der Waals surface area contributed by atoms with Gasteiger partial charge in [0.15, 0.2) is 0 Å². The van der Waals surface area contributed by atoms with Crippen molar-refractivity contribution in [3.05, 3.63) is 34.9 Å². The van der Waals surface area contributed by atoms with Gasteiger partial charge in [-0.1, -0.05) is 30.7 Å². The zero-order valence-corrected chi connectivity index (χ0v) is 9.67. The molecule has 1 nitrogen and oxygen atoms in total. The fourth-order valence-corrected chi connectivity index (χ4v) is 1.55. The molecule has 1 heteroatoms. The molecule has 0 radical (unpaired) electrons. The third kappa shape index (κ3) is 2.85. The maximum Gasteiger partial charge on any atom is 0.00393 e. The molecule has 0 aliphatic carbocycles. The molecule has 0 saturated heterocycles. The van der Waals surface area contributed by atoms with Crippen molar-refractivity contribution in [1.82, 2.24) is 0 Å². The Morgan fingerprint density at radius 3 is 2.43 bits per heavy atom. The second-order valence-corrected chi connectivity index (χ2v) is 4.47. The highest BCUT2D eigenvalue weighted by atomic mass is 14.6. The molecule has 0 bridgehead atoms. The van der Waals surface area contributed by atoms with Crippen LogP contribution in [0, 0.1) is 19.8 Å². The maximum atomic E-state index is 5.87. The van der Waals surface area contributed by atoms with Gasteiger partial charge in [0.1, 0.15) is 0 Å². The first-order chi connectivity index (χ1) is 6.50. The molecule has 2 atom stereocenters. The van der Waals surface area contributed by atoms with Crippen LogP contribution in [-0.2, 0) is 6.42 Å². The highest BCUT2D eigenvalue weighted by molar-refractivity contribution is 5.30. The van der Waals surface area contributed by atoms with Gasteiger partial charge in [-0.05, 0) is 44.2 Å². The van der Waals surface area contributed by atoms with Gasteiger partial charge in [-0.3, -0.25) is 0 Å². The molecule has 0 aliphatic rings. The quantitative estimate of drug-likeness (QED) is 0.781. The molecule has 0 aromatic heterocycles. The van der Waals surface area contributed by atoms with E-state index in [1.165, 1.54) is 16.7 Å². The summed E-state index contributed by atoms with van der Waals surface area (Å²) in [5.41, 5.74) is 10.0. The lowest BCUT2D eigenvalue weighted by Gasteiger charge is -2.17. The molecule has 1 aromatic rings. The van der Waals surface area contributed by atoms with Gasteiger partial charge in [0.05, 0.1) is 0 Å². The molecule has 0 amide bonds. The topological polar surface area (TPSA) is 26.0 Å². The van der Waals surface area contributed by atoms with E-state index in [9.17, 15) is 0 Å². The minimum atomic E-state index is 0.273. The Hall–Kier alpha value is -0.820. The van der Waals surface area contributed by atoms with E-state index in [0.717, 1.165) is 6.42 Å². The van der Waals surface area contributed by atoms with Gasteiger partial charge in [-0.2, -0.15) is 0 Å². The van der Waals surface area contributed by atoms with E-state index in [1.54, 1.807) is 0 Å². The van der Waals surface area contributed by atoms with Gasteiger partial charge in [0.2, 0.25) is 0 Å². The Balaban J connectivity index is 2.80. The zero-order valence-electron chi connectivity index (χ0n) is 9.67. The molecule has 0 fully saturated rings. The fourth-order valence-electron chi connectivity index (χ4n) is 1.55. The number of hydrogen-bond donors (Lipinski definition) is 1. The largest absolute Gasteiger partial charge is 0.328 e. The number of nitrogens with two attached hydrogens (primary N) is 1. The zero-order chi connectivity index (χ0) is 10.7. The van der Waals surface area contributed by atoms with E-state index in [1.807, 2.05) is 0 Å². The van der Waals surface area contributed by atoms with Crippen molar-refractivity contribution in [2.45, 2.75) is 40.2 Å². The average Bonchev–Trinajstić information content (AvgIpc) is 2.11. The molecule has 0 spiro atoms. The molecular weight excluding hydrogens is 170 g/mol. The molecule has 0 heterocycles. The summed E-state index contributed by atoms with van der Waals surface area (Å²) in [6.07, 6.45) is 1.09. The van der Waals surface area contributed by atoms with Crippen LogP contribution < -0.4 is 5.73 Å². The molecule has 1 rings (SSSR count). The lowest BCUT2D eigenvalue weighted by molar-refractivity contribution is 0.481. The van der Waals surface area contributed by atoms with Crippen LogP contribution >= 0.6 is 0 Å². The predicted octanol–water partition coefficient (Wildman–Crippen LogP) is 2.83. The van der Waals surface area contributed by atoms with E-state index in [-0.39, 0.29) is 6.04 Å². The summed E-state index contributed by atoms with van der Waals surface area (Å²) < 4.78 is 0. The minimum Gasteiger partial charge on any atom is -0.328 e. The fraction of sp³-hybridized carbons (Fsp3) is 0.538. The van der Waals surface area contributed by atoms with Gasteiger partial charge < -0.3 is 5.73 Å². The first-order valence-corrected chi connectivity index (χ1v) is 5.32. The van der Waals surface area contributed by atoms with Crippen LogP contribution in [-0.4, -0.2) is 6.04 Å². The van der Waals surface area contributed by atoms with Crippen LogP contribution in [0.4, 0.5) is 0 Å². The van der Waals surface area contributed by atoms with Crippen LogP contribution in [0.2, 0.25) is 0 Å². The van der Waals surface area contributed by atoms with E-state index in [0.29, 0.717) is 5.92 Å². The van der Waals surface area contributed by atoms with Gasteiger partial charge in [-0.15, -0.1) is 0 Å². The number of benzene rings is 1. The second-order valence-electron chi connectivity index (χ2n) is 4.47. The summed E-state index contributed by atoms with van der Waals surface area (Å²) in [4.78, 5) is 0. The Bertz CT molecular complexity index is 302. The van der Waals surface area contributed by atoms with E-state index < -0.39 is 0 Å². The second kappa shape index (κ2) is 4.61.